The van der Waals surface area contributed by atoms with E-state index in [0.717, 1.165) is 12.0 Å². The summed E-state index contributed by atoms with van der Waals surface area (Å²) >= 11 is 0. The van der Waals surface area contributed by atoms with E-state index in [2.05, 4.69) is 16.3 Å². The number of nitriles is 1. The van der Waals surface area contributed by atoms with Gasteiger partial charge in [-0.2, -0.15) is 5.26 Å². The number of hydrogen-bond donors (Lipinski definition) is 3. The second-order valence-corrected chi connectivity index (χ2v) is 10.9. The number of ether oxygens (including phenoxy) is 2. The third-order valence-electron chi connectivity index (χ3n) is 7.53. The first-order chi connectivity index (χ1) is 19.5. The number of hydrogen-bond acceptors (Lipinski definition) is 9. The quantitative estimate of drug-likeness (QED) is 0.239. The first kappa shape index (κ1) is 31.9. The Kier molecular flexibility index (Phi) is 11.6. The molecule has 2 atom stereocenters. The lowest BCUT2D eigenvalue weighted by Crippen LogP contribution is -2.55. The Balaban J connectivity index is 1.62. The molecular weight excluding hydrogens is 529 g/mol. The van der Waals surface area contributed by atoms with Gasteiger partial charge in [0, 0.05) is 38.3 Å². The van der Waals surface area contributed by atoms with Gasteiger partial charge in [-0.3, -0.25) is 9.69 Å². The summed E-state index contributed by atoms with van der Waals surface area (Å²) in [6.45, 7) is 6.47. The fraction of sp³-hybridized carbons (Fsp3) is 0.571. The van der Waals surface area contributed by atoms with E-state index >= 15 is 0 Å². The van der Waals surface area contributed by atoms with Gasteiger partial charge in [-0.05, 0) is 51.2 Å². The summed E-state index contributed by atoms with van der Waals surface area (Å²) in [6.07, 6.45) is 2.01. The summed E-state index contributed by atoms with van der Waals surface area (Å²) in [5.41, 5.74) is 0.201. The number of carbonyl (C=O) groups is 3. The molecule has 0 bridgehead atoms. The third kappa shape index (κ3) is 9.21. The van der Waals surface area contributed by atoms with Crippen LogP contribution >= 0.6 is 0 Å². The average Bonchev–Trinajstić information content (AvgIpc) is 3.20. The van der Waals surface area contributed by atoms with Crippen LogP contribution in [0.25, 0.3) is 0 Å². The van der Waals surface area contributed by atoms with Crippen molar-refractivity contribution in [1.29, 1.82) is 5.26 Å². The maximum Gasteiger partial charge on any atom is 0.475 e. The summed E-state index contributed by atoms with van der Waals surface area (Å²) in [5.74, 6) is -1.41. The molecule has 41 heavy (non-hydrogen) atoms. The average molecular weight is 569 g/mol. The summed E-state index contributed by atoms with van der Waals surface area (Å²) in [5, 5.41) is 32.0. The van der Waals surface area contributed by atoms with Gasteiger partial charge in [0.1, 0.15) is 17.7 Å². The molecule has 2 fully saturated rings. The molecule has 12 nitrogen and oxygen atoms in total. The lowest BCUT2D eigenvalue weighted by atomic mass is 9.76. The number of nitrogens with one attached hydrogen (secondary N) is 1. The smallest absolute Gasteiger partial charge is 0.453 e. The van der Waals surface area contributed by atoms with Crippen LogP contribution in [-0.4, -0.2) is 114 Å². The molecule has 3 amide bonds. The Morgan fingerprint density at radius 2 is 1.80 bits per heavy atom. The molecule has 222 valence electrons. The molecule has 2 aliphatic heterocycles. The van der Waals surface area contributed by atoms with Crippen LogP contribution in [0.4, 0.5) is 9.59 Å². The van der Waals surface area contributed by atoms with Crippen LogP contribution < -0.4 is 5.32 Å². The molecule has 2 heterocycles. The predicted octanol–water partition coefficient (Wildman–Crippen LogP) is 1.33. The number of piperazine rings is 1. The van der Waals surface area contributed by atoms with Gasteiger partial charge in [-0.15, -0.1) is 0 Å². The molecular formula is C28H40BN5O7. The van der Waals surface area contributed by atoms with Gasteiger partial charge < -0.3 is 34.6 Å². The highest BCUT2D eigenvalue weighted by Crippen LogP contribution is 2.23. The number of likely N-dealkylation sites (tertiary alicyclic amines) is 1. The van der Waals surface area contributed by atoms with Crippen LogP contribution in [0.5, 0.6) is 0 Å². The zero-order valence-corrected chi connectivity index (χ0v) is 24.0. The Bertz CT molecular complexity index is 1120. The van der Waals surface area contributed by atoms with Crippen molar-refractivity contribution in [2.75, 3.05) is 46.4 Å². The molecule has 1 aromatic rings. The Morgan fingerprint density at radius 1 is 1.12 bits per heavy atom. The van der Waals surface area contributed by atoms with Crippen molar-refractivity contribution in [3.8, 4) is 6.07 Å². The minimum absolute atomic E-state index is 0.00169. The molecule has 3 rings (SSSR count). The highest BCUT2D eigenvalue weighted by atomic mass is 16.6. The lowest BCUT2D eigenvalue weighted by molar-refractivity contribution is -0.127. The fourth-order valence-electron chi connectivity index (χ4n) is 5.17. The zero-order valence-electron chi connectivity index (χ0n) is 24.0. The Morgan fingerprint density at radius 3 is 2.41 bits per heavy atom. The molecule has 0 spiro atoms. The highest BCUT2D eigenvalue weighted by molar-refractivity contribution is 6.43. The van der Waals surface area contributed by atoms with Crippen LogP contribution in [-0.2, 0) is 20.7 Å². The maximum atomic E-state index is 13.4. The minimum atomic E-state index is -1.79. The highest BCUT2D eigenvalue weighted by Gasteiger charge is 2.34. The lowest BCUT2D eigenvalue weighted by Gasteiger charge is -2.42. The van der Waals surface area contributed by atoms with Crippen molar-refractivity contribution in [3.63, 3.8) is 0 Å². The molecule has 3 N–H and O–H groups in total. The van der Waals surface area contributed by atoms with Gasteiger partial charge in [0.2, 0.25) is 0 Å². The van der Waals surface area contributed by atoms with Crippen molar-refractivity contribution in [2.24, 2.45) is 0 Å². The molecule has 2 saturated heterocycles. The van der Waals surface area contributed by atoms with Gasteiger partial charge >= 0.3 is 19.3 Å². The SMILES string of the molecule is COC(=O)N1CCN(C(C)(C)C=C(C#N)C(=O)N2CCCCC(OC(=O)N[C@@H](Cc3ccccc3)B(O)O)C2)CC1. The topological polar surface area (TPSA) is 156 Å². The van der Waals surface area contributed by atoms with Crippen molar-refractivity contribution in [1.82, 2.24) is 20.0 Å². The van der Waals surface area contributed by atoms with Crippen LogP contribution in [0, 0.1) is 11.3 Å². The predicted molar refractivity (Wildman–Crippen MR) is 151 cm³/mol. The van der Waals surface area contributed by atoms with Crippen molar-refractivity contribution >= 4 is 25.2 Å². The molecule has 0 radical (unpaired) electrons. The van der Waals surface area contributed by atoms with E-state index in [4.69, 9.17) is 9.47 Å². The van der Waals surface area contributed by atoms with E-state index < -0.39 is 36.7 Å². The maximum absolute atomic E-state index is 13.4. The van der Waals surface area contributed by atoms with Gasteiger partial charge in [0.15, 0.2) is 0 Å². The van der Waals surface area contributed by atoms with E-state index in [-0.39, 0.29) is 24.6 Å². The summed E-state index contributed by atoms with van der Waals surface area (Å²) in [4.78, 5) is 43.2. The number of benzene rings is 1. The van der Waals surface area contributed by atoms with Crippen LogP contribution in [0.15, 0.2) is 42.0 Å². The number of methoxy groups -OCH3 is 1. The molecule has 0 aromatic heterocycles. The second-order valence-electron chi connectivity index (χ2n) is 10.9. The molecule has 1 aromatic carbocycles. The monoisotopic (exact) mass is 569 g/mol. The summed E-state index contributed by atoms with van der Waals surface area (Å²) in [7, 11) is -0.440. The largest absolute Gasteiger partial charge is 0.475 e. The number of rotatable bonds is 8. The zero-order chi connectivity index (χ0) is 30.0. The fourth-order valence-corrected chi connectivity index (χ4v) is 5.17. The van der Waals surface area contributed by atoms with Gasteiger partial charge in [-0.25, -0.2) is 9.59 Å². The molecule has 13 heteroatoms. The standard InChI is InChI=1S/C28H40BN5O7/c1-28(2,34-15-13-32(14-16-34)27(37)40-3)18-22(19-30)25(35)33-12-8-7-11-23(20-33)41-26(36)31-24(29(38)39)17-21-9-5-4-6-10-21/h4-6,9-10,18,23-24,38-39H,7-8,11-17,20H2,1-3H3,(H,31,36)/t23?,24-/m0/s1. The van der Waals surface area contributed by atoms with Gasteiger partial charge in [0.05, 0.1) is 19.6 Å². The van der Waals surface area contributed by atoms with Gasteiger partial charge in [-0.1, -0.05) is 30.3 Å². The third-order valence-corrected chi connectivity index (χ3v) is 7.53. The molecule has 2 aliphatic rings. The summed E-state index contributed by atoms with van der Waals surface area (Å²) in [6, 6.07) is 11.2. The van der Waals surface area contributed by atoms with E-state index in [1.807, 2.05) is 44.2 Å². The van der Waals surface area contributed by atoms with E-state index in [1.54, 1.807) is 11.0 Å². The summed E-state index contributed by atoms with van der Waals surface area (Å²) < 4.78 is 10.4. The molecule has 1 unspecified atom stereocenters. The van der Waals surface area contributed by atoms with Crippen molar-refractivity contribution in [2.45, 2.75) is 57.1 Å². The first-order valence-electron chi connectivity index (χ1n) is 13.9. The minimum Gasteiger partial charge on any atom is -0.453 e. The Hall–Kier alpha value is -3.60. The normalized spacial score (nSPS) is 19.4. The second kappa shape index (κ2) is 14.9. The molecule has 0 aliphatic carbocycles. The van der Waals surface area contributed by atoms with Crippen molar-refractivity contribution < 1.29 is 33.9 Å². The van der Waals surface area contributed by atoms with E-state index in [1.165, 1.54) is 12.0 Å². The van der Waals surface area contributed by atoms with Crippen LogP contribution in [0.3, 0.4) is 0 Å². The number of amides is 3. The Labute approximate surface area is 241 Å². The number of nitrogens with zero attached hydrogens (tertiary/aromatic N) is 4. The molecule has 0 saturated carbocycles. The number of alkyl carbamates (subject to hydrolysis) is 1. The van der Waals surface area contributed by atoms with E-state index in [9.17, 15) is 29.7 Å². The van der Waals surface area contributed by atoms with E-state index in [0.29, 0.717) is 45.6 Å². The van der Waals surface area contributed by atoms with Crippen LogP contribution in [0.1, 0.15) is 38.7 Å². The first-order valence-corrected chi connectivity index (χ1v) is 13.9. The van der Waals surface area contributed by atoms with Crippen LogP contribution in [0.2, 0.25) is 0 Å². The van der Waals surface area contributed by atoms with Gasteiger partial charge in [0.25, 0.3) is 5.91 Å². The van der Waals surface area contributed by atoms with Crippen molar-refractivity contribution in [3.05, 3.63) is 47.5 Å². The number of carbonyl (C=O) groups excluding carboxylic acids is 3.